The summed E-state index contributed by atoms with van der Waals surface area (Å²) < 4.78 is 13.2. The lowest BCUT2D eigenvalue weighted by Crippen LogP contribution is -2.43. The fourth-order valence-electron chi connectivity index (χ4n) is 4.58. The predicted octanol–water partition coefficient (Wildman–Crippen LogP) is 4.54. The summed E-state index contributed by atoms with van der Waals surface area (Å²) in [6, 6.07) is 6.76. The Morgan fingerprint density at radius 3 is 2.71 bits per heavy atom. The third-order valence-corrected chi connectivity index (χ3v) is 6.93. The van der Waals surface area contributed by atoms with E-state index in [4.69, 9.17) is 0 Å². The molecule has 150 valence electrons. The van der Waals surface area contributed by atoms with Gasteiger partial charge >= 0.3 is 0 Å². The normalized spacial score (nSPS) is 22.2. The number of amides is 1. The highest BCUT2D eigenvalue weighted by atomic mass is 32.1. The summed E-state index contributed by atoms with van der Waals surface area (Å²) in [6.45, 7) is 2.78. The predicted molar refractivity (Wildman–Crippen MR) is 109 cm³/mol. The molecule has 2 unspecified atom stereocenters. The molecule has 2 aliphatic rings. The molecule has 1 aromatic heterocycles. The molecule has 2 fully saturated rings. The summed E-state index contributed by atoms with van der Waals surface area (Å²) in [5.41, 5.74) is 1.13. The average molecular weight is 402 g/mol. The van der Waals surface area contributed by atoms with Crippen molar-refractivity contribution in [2.45, 2.75) is 51.1 Å². The number of aromatic nitrogens is 1. The zero-order valence-corrected chi connectivity index (χ0v) is 17.0. The van der Waals surface area contributed by atoms with Gasteiger partial charge in [0.1, 0.15) is 10.8 Å². The van der Waals surface area contributed by atoms with Gasteiger partial charge in [0.05, 0.1) is 6.04 Å². The van der Waals surface area contributed by atoms with Crippen molar-refractivity contribution in [3.63, 3.8) is 0 Å². The SMILES string of the molecule is O=C(NC(c1nccs1)C1CCCN(Cc2ccc(F)cc2)C1)C1CCCC1. The molecule has 2 atom stereocenters. The van der Waals surface area contributed by atoms with Crippen LogP contribution in [0.4, 0.5) is 4.39 Å². The second-order valence-corrected chi connectivity index (χ2v) is 9.03. The van der Waals surface area contributed by atoms with Gasteiger partial charge in [0, 0.05) is 30.6 Å². The van der Waals surface area contributed by atoms with Crippen LogP contribution in [-0.2, 0) is 11.3 Å². The molecular weight excluding hydrogens is 373 g/mol. The molecule has 1 amide bonds. The van der Waals surface area contributed by atoms with Crippen LogP contribution in [0.15, 0.2) is 35.8 Å². The molecule has 28 heavy (non-hydrogen) atoms. The van der Waals surface area contributed by atoms with E-state index in [1.54, 1.807) is 11.3 Å². The van der Waals surface area contributed by atoms with E-state index in [1.165, 1.54) is 12.1 Å². The number of carbonyl (C=O) groups excluding carboxylic acids is 1. The number of hydrogen-bond acceptors (Lipinski definition) is 4. The quantitative estimate of drug-likeness (QED) is 0.773. The van der Waals surface area contributed by atoms with E-state index in [0.717, 1.165) is 68.7 Å². The molecule has 2 aromatic rings. The lowest BCUT2D eigenvalue weighted by atomic mass is 9.90. The first-order chi connectivity index (χ1) is 13.7. The number of halogens is 1. The maximum Gasteiger partial charge on any atom is 0.223 e. The first-order valence-electron chi connectivity index (χ1n) is 10.4. The second-order valence-electron chi connectivity index (χ2n) is 8.10. The van der Waals surface area contributed by atoms with Crippen molar-refractivity contribution in [1.29, 1.82) is 0 Å². The molecule has 6 heteroatoms. The summed E-state index contributed by atoms with van der Waals surface area (Å²) in [5.74, 6) is 0.527. The summed E-state index contributed by atoms with van der Waals surface area (Å²) in [6.07, 6.45) is 8.37. The molecule has 2 heterocycles. The van der Waals surface area contributed by atoms with Gasteiger partial charge in [-0.15, -0.1) is 11.3 Å². The van der Waals surface area contributed by atoms with Gasteiger partial charge in [-0.1, -0.05) is 25.0 Å². The number of piperidine rings is 1. The van der Waals surface area contributed by atoms with E-state index in [2.05, 4.69) is 15.2 Å². The zero-order chi connectivity index (χ0) is 19.3. The third kappa shape index (κ3) is 4.78. The van der Waals surface area contributed by atoms with Gasteiger partial charge in [-0.05, 0) is 55.8 Å². The van der Waals surface area contributed by atoms with E-state index in [-0.39, 0.29) is 23.7 Å². The minimum atomic E-state index is -0.196. The number of benzene rings is 1. The Bertz CT molecular complexity index is 759. The molecule has 1 saturated heterocycles. The Balaban J connectivity index is 1.44. The topological polar surface area (TPSA) is 45.2 Å². The first kappa shape index (κ1) is 19.5. The lowest BCUT2D eigenvalue weighted by Gasteiger charge is -2.37. The second kappa shape index (κ2) is 9.14. The molecule has 1 N–H and O–H groups in total. The van der Waals surface area contributed by atoms with Gasteiger partial charge in [0.25, 0.3) is 0 Å². The van der Waals surface area contributed by atoms with Crippen LogP contribution in [0.2, 0.25) is 0 Å². The Hall–Kier alpha value is -1.79. The van der Waals surface area contributed by atoms with Gasteiger partial charge in [-0.3, -0.25) is 9.69 Å². The number of rotatable bonds is 6. The molecule has 0 radical (unpaired) electrons. The molecule has 4 rings (SSSR count). The number of thiazole rings is 1. The van der Waals surface area contributed by atoms with Crippen molar-refractivity contribution in [1.82, 2.24) is 15.2 Å². The van der Waals surface area contributed by atoms with Crippen LogP contribution >= 0.6 is 11.3 Å². The van der Waals surface area contributed by atoms with Gasteiger partial charge < -0.3 is 5.32 Å². The standard InChI is InChI=1S/C22H28FN3OS/c23-19-9-7-16(8-10-19)14-26-12-3-6-18(15-26)20(22-24-11-13-28-22)25-21(27)17-4-1-2-5-17/h7-11,13,17-18,20H,1-6,12,14-15H2,(H,25,27). The van der Waals surface area contributed by atoms with E-state index in [0.29, 0.717) is 5.92 Å². The van der Waals surface area contributed by atoms with Crippen LogP contribution in [0.25, 0.3) is 0 Å². The molecule has 1 aliphatic carbocycles. The number of nitrogens with one attached hydrogen (secondary N) is 1. The summed E-state index contributed by atoms with van der Waals surface area (Å²) in [4.78, 5) is 19.8. The molecule has 1 aliphatic heterocycles. The Morgan fingerprint density at radius 2 is 2.00 bits per heavy atom. The lowest BCUT2D eigenvalue weighted by molar-refractivity contribution is -0.126. The molecule has 0 bridgehead atoms. The van der Waals surface area contributed by atoms with Crippen molar-refractivity contribution in [2.24, 2.45) is 11.8 Å². The Kier molecular flexibility index (Phi) is 6.37. The van der Waals surface area contributed by atoms with Gasteiger partial charge in [0.15, 0.2) is 0 Å². The molecule has 1 saturated carbocycles. The molecular formula is C22H28FN3OS. The van der Waals surface area contributed by atoms with Crippen molar-refractivity contribution in [3.8, 4) is 0 Å². The molecule has 4 nitrogen and oxygen atoms in total. The summed E-state index contributed by atoms with van der Waals surface area (Å²) in [5, 5.41) is 6.36. The maximum atomic E-state index is 13.2. The van der Waals surface area contributed by atoms with Crippen LogP contribution in [0, 0.1) is 17.7 Å². The first-order valence-corrected chi connectivity index (χ1v) is 11.2. The highest BCUT2D eigenvalue weighted by Gasteiger charge is 2.33. The largest absolute Gasteiger partial charge is 0.346 e. The van der Waals surface area contributed by atoms with E-state index >= 15 is 0 Å². The minimum Gasteiger partial charge on any atom is -0.346 e. The highest BCUT2D eigenvalue weighted by molar-refractivity contribution is 7.09. The summed E-state index contributed by atoms with van der Waals surface area (Å²) >= 11 is 1.63. The van der Waals surface area contributed by atoms with Gasteiger partial charge in [0.2, 0.25) is 5.91 Å². The smallest absolute Gasteiger partial charge is 0.223 e. The average Bonchev–Trinajstić information content (AvgIpc) is 3.42. The maximum absolute atomic E-state index is 13.2. The van der Waals surface area contributed by atoms with E-state index in [1.807, 2.05) is 23.7 Å². The van der Waals surface area contributed by atoms with Crippen LogP contribution in [0.1, 0.15) is 55.1 Å². The monoisotopic (exact) mass is 401 g/mol. The molecule has 0 spiro atoms. The minimum absolute atomic E-state index is 0.0101. The number of nitrogens with zero attached hydrogens (tertiary/aromatic N) is 2. The van der Waals surface area contributed by atoms with Crippen LogP contribution in [0.3, 0.4) is 0 Å². The number of likely N-dealkylation sites (tertiary alicyclic amines) is 1. The van der Waals surface area contributed by atoms with Crippen LogP contribution < -0.4 is 5.32 Å². The Morgan fingerprint density at radius 1 is 1.21 bits per heavy atom. The van der Waals surface area contributed by atoms with Crippen LogP contribution in [0.5, 0.6) is 0 Å². The fourth-order valence-corrected chi connectivity index (χ4v) is 5.36. The van der Waals surface area contributed by atoms with E-state index < -0.39 is 0 Å². The van der Waals surface area contributed by atoms with E-state index in [9.17, 15) is 9.18 Å². The van der Waals surface area contributed by atoms with Crippen molar-refractivity contribution < 1.29 is 9.18 Å². The number of carbonyl (C=O) groups is 1. The van der Waals surface area contributed by atoms with Crippen LogP contribution in [-0.4, -0.2) is 28.9 Å². The number of hydrogen-bond donors (Lipinski definition) is 1. The highest BCUT2D eigenvalue weighted by Crippen LogP contribution is 2.33. The van der Waals surface area contributed by atoms with Crippen molar-refractivity contribution >= 4 is 17.2 Å². The van der Waals surface area contributed by atoms with Crippen molar-refractivity contribution in [2.75, 3.05) is 13.1 Å². The zero-order valence-electron chi connectivity index (χ0n) is 16.1. The summed E-state index contributed by atoms with van der Waals surface area (Å²) in [7, 11) is 0. The van der Waals surface area contributed by atoms with Crippen molar-refractivity contribution in [3.05, 3.63) is 52.2 Å². The Labute approximate surface area is 170 Å². The fraction of sp³-hybridized carbons (Fsp3) is 0.545. The van der Waals surface area contributed by atoms with Gasteiger partial charge in [-0.25, -0.2) is 9.37 Å². The molecule has 1 aromatic carbocycles. The van der Waals surface area contributed by atoms with Gasteiger partial charge in [-0.2, -0.15) is 0 Å². The third-order valence-electron chi connectivity index (χ3n) is 6.07.